The zero-order chi connectivity index (χ0) is 16.9. The van der Waals surface area contributed by atoms with Crippen LogP contribution in [-0.2, 0) is 0 Å². The van der Waals surface area contributed by atoms with Gasteiger partial charge in [-0.1, -0.05) is 6.07 Å². The van der Waals surface area contributed by atoms with Crippen LogP contribution in [0.1, 0.15) is 23.2 Å². The van der Waals surface area contributed by atoms with Crippen molar-refractivity contribution >= 4 is 16.8 Å². The van der Waals surface area contributed by atoms with E-state index in [0.29, 0.717) is 5.52 Å². The number of carbonyl (C=O) groups is 1. The SMILES string of the molecule is N#CCCN(CCC(F)(F)F)C(=O)c1ccc2ncccc2c1. The van der Waals surface area contributed by atoms with Gasteiger partial charge in [-0.2, -0.15) is 18.4 Å². The van der Waals surface area contributed by atoms with Gasteiger partial charge in [-0.05, 0) is 24.3 Å². The van der Waals surface area contributed by atoms with Crippen LogP contribution in [0, 0.1) is 11.3 Å². The lowest BCUT2D eigenvalue weighted by Crippen LogP contribution is -2.35. The maximum Gasteiger partial charge on any atom is 0.390 e. The van der Waals surface area contributed by atoms with Crippen LogP contribution in [-0.4, -0.2) is 35.1 Å². The summed E-state index contributed by atoms with van der Waals surface area (Å²) in [4.78, 5) is 17.6. The van der Waals surface area contributed by atoms with Gasteiger partial charge in [0.05, 0.1) is 24.4 Å². The lowest BCUT2D eigenvalue weighted by molar-refractivity contribution is -0.136. The molecular weight excluding hydrogens is 307 g/mol. The van der Waals surface area contributed by atoms with E-state index >= 15 is 0 Å². The Balaban J connectivity index is 2.21. The van der Waals surface area contributed by atoms with E-state index in [0.717, 1.165) is 10.3 Å². The first-order valence-corrected chi connectivity index (χ1v) is 6.98. The first-order chi connectivity index (χ1) is 10.9. The smallest absolute Gasteiger partial charge is 0.337 e. The zero-order valence-electron chi connectivity index (χ0n) is 12.2. The molecule has 0 aliphatic heterocycles. The van der Waals surface area contributed by atoms with E-state index in [2.05, 4.69) is 4.98 Å². The summed E-state index contributed by atoms with van der Waals surface area (Å²) in [5.74, 6) is -0.518. The highest BCUT2D eigenvalue weighted by Crippen LogP contribution is 2.21. The second kappa shape index (κ2) is 7.09. The normalized spacial score (nSPS) is 11.2. The molecule has 0 aliphatic rings. The maximum atomic E-state index is 12.4. The van der Waals surface area contributed by atoms with Crippen molar-refractivity contribution in [2.24, 2.45) is 0 Å². The Hall–Kier alpha value is -2.62. The average molecular weight is 321 g/mol. The van der Waals surface area contributed by atoms with Crippen molar-refractivity contribution in [1.82, 2.24) is 9.88 Å². The second-order valence-electron chi connectivity index (χ2n) is 4.98. The van der Waals surface area contributed by atoms with Crippen LogP contribution in [0.25, 0.3) is 10.9 Å². The molecule has 0 fully saturated rings. The van der Waals surface area contributed by atoms with Crippen LogP contribution in [0.3, 0.4) is 0 Å². The third-order valence-electron chi connectivity index (χ3n) is 3.30. The molecule has 0 saturated carbocycles. The monoisotopic (exact) mass is 321 g/mol. The molecule has 0 N–H and O–H groups in total. The van der Waals surface area contributed by atoms with Crippen LogP contribution in [0.4, 0.5) is 13.2 Å². The van der Waals surface area contributed by atoms with Gasteiger partial charge >= 0.3 is 6.18 Å². The molecular formula is C16H14F3N3O. The molecule has 0 saturated heterocycles. The number of nitrogens with zero attached hydrogens (tertiary/aromatic N) is 3. The molecule has 7 heteroatoms. The highest BCUT2D eigenvalue weighted by atomic mass is 19.4. The first-order valence-electron chi connectivity index (χ1n) is 6.98. The van der Waals surface area contributed by atoms with E-state index in [-0.39, 0.29) is 18.5 Å². The Bertz CT molecular complexity index is 737. The second-order valence-corrected chi connectivity index (χ2v) is 4.98. The number of nitriles is 1. The fourth-order valence-electron chi connectivity index (χ4n) is 2.15. The number of amides is 1. The fraction of sp³-hybridized carbons (Fsp3) is 0.312. The summed E-state index contributed by atoms with van der Waals surface area (Å²) in [5, 5.41) is 9.35. The van der Waals surface area contributed by atoms with Gasteiger partial charge in [-0.15, -0.1) is 0 Å². The lowest BCUT2D eigenvalue weighted by Gasteiger charge is -2.22. The Morgan fingerprint density at radius 3 is 2.74 bits per heavy atom. The molecule has 1 aromatic carbocycles. The molecule has 23 heavy (non-hydrogen) atoms. The third-order valence-corrected chi connectivity index (χ3v) is 3.30. The summed E-state index contributed by atoms with van der Waals surface area (Å²) in [7, 11) is 0. The van der Waals surface area contributed by atoms with E-state index in [1.54, 1.807) is 30.5 Å². The predicted molar refractivity (Wildman–Crippen MR) is 78.5 cm³/mol. The van der Waals surface area contributed by atoms with Gasteiger partial charge in [-0.3, -0.25) is 9.78 Å². The van der Waals surface area contributed by atoms with Crippen molar-refractivity contribution in [3.05, 3.63) is 42.1 Å². The number of carbonyl (C=O) groups excluding carboxylic acids is 1. The van der Waals surface area contributed by atoms with E-state index in [9.17, 15) is 18.0 Å². The third kappa shape index (κ3) is 4.68. The molecule has 0 atom stereocenters. The Labute approximate surface area is 131 Å². The molecule has 120 valence electrons. The number of benzene rings is 1. The molecule has 0 radical (unpaired) electrons. The van der Waals surface area contributed by atoms with Gasteiger partial charge in [0, 0.05) is 30.2 Å². The van der Waals surface area contributed by atoms with Crippen molar-refractivity contribution in [3.63, 3.8) is 0 Å². The molecule has 1 amide bonds. The number of hydrogen-bond donors (Lipinski definition) is 0. The highest BCUT2D eigenvalue weighted by molar-refractivity contribution is 5.97. The number of fused-ring (bicyclic) bond motifs is 1. The van der Waals surface area contributed by atoms with Crippen LogP contribution < -0.4 is 0 Å². The number of aromatic nitrogens is 1. The summed E-state index contributed by atoms with van der Waals surface area (Å²) in [5.41, 5.74) is 0.980. The molecule has 0 spiro atoms. The molecule has 4 nitrogen and oxygen atoms in total. The quantitative estimate of drug-likeness (QED) is 0.846. The summed E-state index contributed by atoms with van der Waals surface area (Å²) >= 11 is 0. The van der Waals surface area contributed by atoms with Crippen LogP contribution in [0.2, 0.25) is 0 Å². The first kappa shape index (κ1) is 16.7. The van der Waals surface area contributed by atoms with Crippen molar-refractivity contribution < 1.29 is 18.0 Å². The minimum Gasteiger partial charge on any atom is -0.337 e. The molecule has 0 unspecified atom stereocenters. The van der Waals surface area contributed by atoms with E-state index in [1.807, 2.05) is 6.07 Å². The van der Waals surface area contributed by atoms with E-state index in [1.165, 1.54) is 6.07 Å². The fourth-order valence-corrected chi connectivity index (χ4v) is 2.15. The van der Waals surface area contributed by atoms with Gasteiger partial charge in [0.2, 0.25) is 0 Å². The van der Waals surface area contributed by atoms with Crippen LogP contribution in [0.5, 0.6) is 0 Å². The Morgan fingerprint density at radius 2 is 2.04 bits per heavy atom. The summed E-state index contributed by atoms with van der Waals surface area (Å²) in [6.07, 6.45) is -3.84. The Kier molecular flexibility index (Phi) is 5.16. The topological polar surface area (TPSA) is 57.0 Å². The summed E-state index contributed by atoms with van der Waals surface area (Å²) in [6, 6.07) is 10.1. The van der Waals surface area contributed by atoms with Crippen molar-refractivity contribution in [1.29, 1.82) is 5.26 Å². The average Bonchev–Trinajstić information content (AvgIpc) is 2.53. The predicted octanol–water partition coefficient (Wildman–Crippen LogP) is 3.54. The van der Waals surface area contributed by atoms with Gasteiger partial charge < -0.3 is 4.90 Å². The number of rotatable bonds is 5. The standard InChI is InChI=1S/C16H14F3N3O/c17-16(18,19)6-10-22(9-2-7-20)15(23)13-4-5-14-12(11-13)3-1-8-21-14/h1,3-5,8,11H,2,6,9-10H2. The van der Waals surface area contributed by atoms with Crippen LogP contribution >= 0.6 is 0 Å². The van der Waals surface area contributed by atoms with Gasteiger partial charge in [0.25, 0.3) is 5.91 Å². The largest absolute Gasteiger partial charge is 0.390 e. The number of hydrogen-bond acceptors (Lipinski definition) is 3. The van der Waals surface area contributed by atoms with Crippen molar-refractivity contribution in [2.45, 2.75) is 19.0 Å². The van der Waals surface area contributed by atoms with Crippen molar-refractivity contribution in [2.75, 3.05) is 13.1 Å². The van der Waals surface area contributed by atoms with Gasteiger partial charge in [-0.25, -0.2) is 0 Å². The van der Waals surface area contributed by atoms with Crippen molar-refractivity contribution in [3.8, 4) is 6.07 Å². The lowest BCUT2D eigenvalue weighted by atomic mass is 10.1. The van der Waals surface area contributed by atoms with E-state index < -0.39 is 25.0 Å². The van der Waals surface area contributed by atoms with Gasteiger partial charge in [0.15, 0.2) is 0 Å². The van der Waals surface area contributed by atoms with E-state index in [4.69, 9.17) is 5.26 Å². The molecule has 1 aromatic heterocycles. The molecule has 2 rings (SSSR count). The maximum absolute atomic E-state index is 12.4. The summed E-state index contributed by atoms with van der Waals surface area (Å²) < 4.78 is 37.2. The molecule has 1 heterocycles. The zero-order valence-corrected chi connectivity index (χ0v) is 12.2. The molecule has 0 bridgehead atoms. The molecule has 2 aromatic rings. The minimum absolute atomic E-state index is 0.0151. The highest BCUT2D eigenvalue weighted by Gasteiger charge is 2.29. The minimum atomic E-state index is -4.35. The summed E-state index contributed by atoms with van der Waals surface area (Å²) in [6.45, 7) is -0.494. The van der Waals surface area contributed by atoms with Crippen LogP contribution in [0.15, 0.2) is 36.5 Å². The number of halogens is 3. The molecule has 0 aliphatic carbocycles. The Morgan fingerprint density at radius 1 is 1.26 bits per heavy atom. The number of alkyl halides is 3. The number of pyridine rings is 1. The van der Waals surface area contributed by atoms with Gasteiger partial charge in [0.1, 0.15) is 0 Å².